The van der Waals surface area contributed by atoms with Crippen molar-refractivity contribution >= 4 is 27.5 Å². The first kappa shape index (κ1) is 34.2. The van der Waals surface area contributed by atoms with Gasteiger partial charge in [0.25, 0.3) is 10.0 Å². The number of nitrogens with one attached hydrogen (secondary N) is 1. The smallest absolute Gasteiger partial charge is 0.264 e. The molecule has 238 valence electrons. The van der Waals surface area contributed by atoms with Gasteiger partial charge in [0.05, 0.1) is 31.9 Å². The Kier molecular flexibility index (Phi) is 12.0. The number of amides is 2. The Morgan fingerprint density at radius 2 is 1.55 bits per heavy atom. The van der Waals surface area contributed by atoms with Gasteiger partial charge in [0, 0.05) is 19.2 Å². The van der Waals surface area contributed by atoms with Crippen molar-refractivity contribution in [3.05, 3.63) is 77.4 Å². The number of ether oxygens (including phenoxy) is 3. The Morgan fingerprint density at radius 1 is 0.864 bits per heavy atom. The summed E-state index contributed by atoms with van der Waals surface area (Å²) in [7, 11) is 0.141. The van der Waals surface area contributed by atoms with Crippen LogP contribution in [0.2, 0.25) is 0 Å². The molecule has 3 aromatic carbocycles. The molecule has 0 aromatic heterocycles. The van der Waals surface area contributed by atoms with Crippen LogP contribution >= 0.6 is 0 Å². The molecule has 0 spiro atoms. The van der Waals surface area contributed by atoms with Crippen molar-refractivity contribution in [1.29, 1.82) is 0 Å². The van der Waals surface area contributed by atoms with Gasteiger partial charge in [-0.2, -0.15) is 0 Å². The first-order chi connectivity index (χ1) is 21.0. The van der Waals surface area contributed by atoms with Gasteiger partial charge in [-0.15, -0.1) is 0 Å². The minimum atomic E-state index is -4.29. The molecule has 3 aromatic rings. The van der Waals surface area contributed by atoms with E-state index in [1.807, 2.05) is 39.8 Å². The van der Waals surface area contributed by atoms with E-state index >= 15 is 0 Å². The highest BCUT2D eigenvalue weighted by Gasteiger charge is 2.34. The molecule has 11 heteroatoms. The minimum absolute atomic E-state index is 0.0746. The highest BCUT2D eigenvalue weighted by molar-refractivity contribution is 7.92. The number of rotatable bonds is 15. The van der Waals surface area contributed by atoms with Crippen LogP contribution in [0.15, 0.2) is 65.6 Å². The van der Waals surface area contributed by atoms with E-state index in [0.29, 0.717) is 30.2 Å². The zero-order valence-corrected chi connectivity index (χ0v) is 27.4. The molecule has 0 saturated carbocycles. The topological polar surface area (TPSA) is 114 Å². The molecule has 10 nitrogen and oxygen atoms in total. The normalized spacial score (nSPS) is 11.8. The van der Waals surface area contributed by atoms with Crippen LogP contribution in [0.4, 0.5) is 5.69 Å². The summed E-state index contributed by atoms with van der Waals surface area (Å²) >= 11 is 0. The maximum absolute atomic E-state index is 14.3. The van der Waals surface area contributed by atoms with Crippen LogP contribution in [0.1, 0.15) is 43.4 Å². The molecule has 1 N–H and O–H groups in total. The molecule has 0 radical (unpaired) electrons. The molecule has 0 heterocycles. The molecule has 0 aliphatic heterocycles. The summed E-state index contributed by atoms with van der Waals surface area (Å²) in [5, 5.41) is 2.89. The molecule has 2 amide bonds. The van der Waals surface area contributed by atoms with Crippen molar-refractivity contribution in [2.75, 3.05) is 38.7 Å². The van der Waals surface area contributed by atoms with Crippen molar-refractivity contribution in [3.63, 3.8) is 0 Å². The van der Waals surface area contributed by atoms with E-state index in [4.69, 9.17) is 14.2 Å². The molecule has 3 rings (SSSR count). The number of methoxy groups -OCH3 is 3. The van der Waals surface area contributed by atoms with Gasteiger partial charge in [-0.1, -0.05) is 32.0 Å². The van der Waals surface area contributed by atoms with E-state index in [-0.39, 0.29) is 23.1 Å². The fourth-order valence-electron chi connectivity index (χ4n) is 4.98. The van der Waals surface area contributed by atoms with Gasteiger partial charge in [0.15, 0.2) is 11.5 Å². The van der Waals surface area contributed by atoms with E-state index in [0.717, 1.165) is 27.4 Å². The molecular weight excluding hydrogens is 582 g/mol. The van der Waals surface area contributed by atoms with Crippen LogP contribution in [0.3, 0.4) is 0 Å². The standard InChI is InChI=1S/C33H43N3O7S/c1-8-15-34-33(38)29(9-2)35(21-25-11-10-12-27(19-25)41-5)32(37)22-36(26-17-23(3)16-24(4)18-26)44(39,40)28-13-14-30(42-6)31(20-28)43-7/h10-14,16-20,29H,8-9,15,21-22H2,1-7H3,(H,34,38)/t29-/m0/s1. The van der Waals surface area contributed by atoms with Gasteiger partial charge < -0.3 is 24.4 Å². The molecule has 44 heavy (non-hydrogen) atoms. The molecular formula is C33H43N3O7S. The summed E-state index contributed by atoms with van der Waals surface area (Å²) in [6.07, 6.45) is 1.06. The fraction of sp³-hybridized carbons (Fsp3) is 0.394. The Morgan fingerprint density at radius 3 is 2.14 bits per heavy atom. The number of hydrogen-bond acceptors (Lipinski definition) is 7. The number of benzene rings is 3. The summed E-state index contributed by atoms with van der Waals surface area (Å²) in [6.45, 7) is 7.48. The van der Waals surface area contributed by atoms with E-state index in [2.05, 4.69) is 5.32 Å². The summed E-state index contributed by atoms with van der Waals surface area (Å²) in [5.41, 5.74) is 2.73. The highest BCUT2D eigenvalue weighted by atomic mass is 32.2. The van der Waals surface area contributed by atoms with Crippen molar-refractivity contribution < 1.29 is 32.2 Å². The molecule has 0 saturated heterocycles. The summed E-state index contributed by atoms with van der Waals surface area (Å²) in [6, 6.07) is 16.0. The van der Waals surface area contributed by atoms with Gasteiger partial charge >= 0.3 is 0 Å². The second-order valence-corrected chi connectivity index (χ2v) is 12.3. The van der Waals surface area contributed by atoms with Gasteiger partial charge in [0.1, 0.15) is 18.3 Å². The Balaban J connectivity index is 2.14. The molecule has 0 aliphatic carbocycles. The molecule has 1 atom stereocenters. The average molecular weight is 626 g/mol. The number of carbonyl (C=O) groups excluding carboxylic acids is 2. The number of carbonyl (C=O) groups is 2. The van der Waals surface area contributed by atoms with E-state index in [1.165, 1.54) is 37.3 Å². The van der Waals surface area contributed by atoms with Gasteiger partial charge in [-0.25, -0.2) is 8.42 Å². The van der Waals surface area contributed by atoms with Crippen LogP contribution < -0.4 is 23.8 Å². The minimum Gasteiger partial charge on any atom is -0.497 e. The van der Waals surface area contributed by atoms with E-state index < -0.39 is 28.5 Å². The van der Waals surface area contributed by atoms with Gasteiger partial charge in [-0.3, -0.25) is 13.9 Å². The predicted molar refractivity (Wildman–Crippen MR) is 171 cm³/mol. The summed E-state index contributed by atoms with van der Waals surface area (Å²) in [5.74, 6) is 0.375. The zero-order valence-electron chi connectivity index (χ0n) is 26.5. The lowest BCUT2D eigenvalue weighted by atomic mass is 10.1. The van der Waals surface area contributed by atoms with Gasteiger partial charge in [0.2, 0.25) is 11.8 Å². The SMILES string of the molecule is CCCNC(=O)[C@H](CC)N(Cc1cccc(OC)c1)C(=O)CN(c1cc(C)cc(C)c1)S(=O)(=O)c1ccc(OC)c(OC)c1. The summed E-state index contributed by atoms with van der Waals surface area (Å²) in [4.78, 5) is 29.0. The Hall–Kier alpha value is -4.25. The van der Waals surface area contributed by atoms with Gasteiger partial charge in [-0.05, 0) is 79.8 Å². The Bertz CT molecular complexity index is 1540. The van der Waals surface area contributed by atoms with Crippen LogP contribution in [0, 0.1) is 13.8 Å². The third kappa shape index (κ3) is 8.22. The zero-order chi connectivity index (χ0) is 32.4. The fourth-order valence-corrected chi connectivity index (χ4v) is 6.39. The predicted octanol–water partition coefficient (Wildman–Crippen LogP) is 4.86. The number of sulfonamides is 1. The quantitative estimate of drug-likeness (QED) is 0.257. The Labute approximate surface area is 261 Å². The number of anilines is 1. The monoisotopic (exact) mass is 625 g/mol. The highest BCUT2D eigenvalue weighted by Crippen LogP contribution is 2.33. The maximum Gasteiger partial charge on any atom is 0.264 e. The maximum atomic E-state index is 14.3. The van der Waals surface area contributed by atoms with E-state index in [1.54, 1.807) is 37.4 Å². The van der Waals surface area contributed by atoms with Crippen LogP contribution in [0.25, 0.3) is 0 Å². The third-order valence-electron chi connectivity index (χ3n) is 7.14. The molecule has 0 aliphatic rings. The molecule has 0 unspecified atom stereocenters. The van der Waals surface area contributed by atoms with Crippen LogP contribution in [0.5, 0.6) is 17.2 Å². The lowest BCUT2D eigenvalue weighted by molar-refractivity contribution is -0.140. The largest absolute Gasteiger partial charge is 0.497 e. The lowest BCUT2D eigenvalue weighted by Gasteiger charge is -2.33. The first-order valence-electron chi connectivity index (χ1n) is 14.5. The number of aryl methyl sites for hydroxylation is 2. The average Bonchev–Trinajstić information content (AvgIpc) is 3.01. The van der Waals surface area contributed by atoms with Crippen LogP contribution in [-0.4, -0.2) is 65.6 Å². The third-order valence-corrected chi connectivity index (χ3v) is 8.91. The van der Waals surface area contributed by atoms with Crippen molar-refractivity contribution in [2.45, 2.75) is 58.0 Å². The van der Waals surface area contributed by atoms with Crippen molar-refractivity contribution in [3.8, 4) is 17.2 Å². The molecule has 0 bridgehead atoms. The lowest BCUT2D eigenvalue weighted by Crippen LogP contribution is -2.52. The van der Waals surface area contributed by atoms with Crippen molar-refractivity contribution in [2.24, 2.45) is 0 Å². The molecule has 0 fully saturated rings. The number of nitrogens with zero attached hydrogens (tertiary/aromatic N) is 2. The first-order valence-corrected chi connectivity index (χ1v) is 16.0. The second kappa shape index (κ2) is 15.5. The second-order valence-electron chi connectivity index (χ2n) is 10.5. The number of hydrogen-bond donors (Lipinski definition) is 1. The summed E-state index contributed by atoms with van der Waals surface area (Å²) < 4.78 is 45.7. The van der Waals surface area contributed by atoms with Crippen LogP contribution in [-0.2, 0) is 26.2 Å². The van der Waals surface area contributed by atoms with Crippen molar-refractivity contribution in [1.82, 2.24) is 10.2 Å². The van der Waals surface area contributed by atoms with E-state index in [9.17, 15) is 18.0 Å².